The molecule has 2 aromatic rings. The number of ether oxygens (including phenoxy) is 1. The van der Waals surface area contributed by atoms with E-state index in [0.29, 0.717) is 0 Å². The van der Waals surface area contributed by atoms with Gasteiger partial charge in [-0.3, -0.25) is 0 Å². The van der Waals surface area contributed by atoms with Crippen molar-refractivity contribution in [3.8, 4) is 0 Å². The zero-order valence-electron chi connectivity index (χ0n) is 10.0. The SMILES string of the molecule is CCOC.Cn1c(C=N)cc2ccccc21. The summed E-state index contributed by atoms with van der Waals surface area (Å²) < 4.78 is 6.56. The van der Waals surface area contributed by atoms with Gasteiger partial charge in [0, 0.05) is 37.9 Å². The number of hydrogen-bond donors (Lipinski definition) is 1. The van der Waals surface area contributed by atoms with E-state index in [1.54, 1.807) is 7.11 Å². The first kappa shape index (κ1) is 12.5. The first-order valence-electron chi connectivity index (χ1n) is 5.28. The number of nitrogens with one attached hydrogen (secondary N) is 1. The van der Waals surface area contributed by atoms with Gasteiger partial charge in [-0.1, -0.05) is 18.2 Å². The minimum atomic E-state index is 0.819. The second-order valence-electron chi connectivity index (χ2n) is 3.41. The Morgan fingerprint density at radius 3 is 2.50 bits per heavy atom. The van der Waals surface area contributed by atoms with Gasteiger partial charge in [0.1, 0.15) is 0 Å². The molecule has 0 saturated heterocycles. The highest BCUT2D eigenvalue weighted by atomic mass is 16.5. The Hall–Kier alpha value is -1.61. The highest BCUT2D eigenvalue weighted by molar-refractivity contribution is 5.89. The topological polar surface area (TPSA) is 38.0 Å². The van der Waals surface area contributed by atoms with Crippen LogP contribution in [0.1, 0.15) is 12.6 Å². The zero-order chi connectivity index (χ0) is 12.0. The number of methoxy groups -OCH3 is 1. The fourth-order valence-electron chi connectivity index (χ4n) is 1.45. The molecular formula is C13H18N2O. The standard InChI is InChI=1S/C10H10N2.C3H8O/c1-12-9(7-11)6-8-4-2-3-5-10(8)12;1-3-4-2/h2-7,11H,1H3;3H2,1-2H3. The molecule has 0 fully saturated rings. The lowest BCUT2D eigenvalue weighted by Crippen LogP contribution is -1.92. The van der Waals surface area contributed by atoms with Crippen LogP contribution in [0.15, 0.2) is 30.3 Å². The molecule has 1 aromatic heterocycles. The van der Waals surface area contributed by atoms with Gasteiger partial charge in [0.05, 0.1) is 5.69 Å². The van der Waals surface area contributed by atoms with Gasteiger partial charge in [-0.25, -0.2) is 0 Å². The van der Waals surface area contributed by atoms with Gasteiger partial charge < -0.3 is 14.7 Å². The number of benzene rings is 1. The molecule has 1 heterocycles. The third kappa shape index (κ3) is 2.70. The molecule has 0 radical (unpaired) electrons. The summed E-state index contributed by atoms with van der Waals surface area (Å²) in [6.07, 6.45) is 1.38. The lowest BCUT2D eigenvalue weighted by atomic mass is 10.2. The van der Waals surface area contributed by atoms with Crippen LogP contribution in [0.25, 0.3) is 10.9 Å². The van der Waals surface area contributed by atoms with Crippen molar-refractivity contribution in [2.24, 2.45) is 7.05 Å². The number of hydrogen-bond acceptors (Lipinski definition) is 2. The van der Waals surface area contributed by atoms with Crippen LogP contribution in [-0.2, 0) is 11.8 Å². The molecule has 3 heteroatoms. The number of aromatic nitrogens is 1. The van der Waals surface area contributed by atoms with E-state index < -0.39 is 0 Å². The fourth-order valence-corrected chi connectivity index (χ4v) is 1.45. The molecule has 1 N–H and O–H groups in total. The highest BCUT2D eigenvalue weighted by Gasteiger charge is 2.00. The van der Waals surface area contributed by atoms with Crippen LogP contribution < -0.4 is 0 Å². The van der Waals surface area contributed by atoms with Crippen LogP contribution in [0.4, 0.5) is 0 Å². The molecule has 0 aliphatic carbocycles. The van der Waals surface area contributed by atoms with Crippen LogP contribution >= 0.6 is 0 Å². The maximum Gasteiger partial charge on any atom is 0.0593 e. The van der Waals surface area contributed by atoms with Gasteiger partial charge in [0.15, 0.2) is 0 Å². The summed E-state index contributed by atoms with van der Waals surface area (Å²) in [5, 5.41) is 8.36. The average molecular weight is 218 g/mol. The Labute approximate surface area is 96.2 Å². The summed E-state index contributed by atoms with van der Waals surface area (Å²) in [6, 6.07) is 10.2. The van der Waals surface area contributed by atoms with E-state index >= 15 is 0 Å². The lowest BCUT2D eigenvalue weighted by molar-refractivity contribution is 0.215. The van der Waals surface area contributed by atoms with E-state index in [4.69, 9.17) is 5.41 Å². The molecule has 0 aliphatic rings. The van der Waals surface area contributed by atoms with E-state index in [9.17, 15) is 0 Å². The summed E-state index contributed by atoms with van der Waals surface area (Å²) in [5.74, 6) is 0. The second-order valence-corrected chi connectivity index (χ2v) is 3.41. The van der Waals surface area contributed by atoms with Gasteiger partial charge in [-0.05, 0) is 19.1 Å². The van der Waals surface area contributed by atoms with Crippen LogP contribution in [0.3, 0.4) is 0 Å². The molecule has 86 valence electrons. The van der Waals surface area contributed by atoms with Crippen molar-refractivity contribution in [2.45, 2.75) is 6.92 Å². The van der Waals surface area contributed by atoms with E-state index in [1.165, 1.54) is 17.1 Å². The first-order valence-corrected chi connectivity index (χ1v) is 5.28. The Morgan fingerprint density at radius 1 is 1.38 bits per heavy atom. The van der Waals surface area contributed by atoms with Crippen molar-refractivity contribution in [3.63, 3.8) is 0 Å². The molecule has 0 bridgehead atoms. The van der Waals surface area contributed by atoms with Gasteiger partial charge in [0.25, 0.3) is 0 Å². The Balaban J connectivity index is 0.000000280. The molecule has 16 heavy (non-hydrogen) atoms. The number of aryl methyl sites for hydroxylation is 1. The zero-order valence-corrected chi connectivity index (χ0v) is 10.0. The quantitative estimate of drug-likeness (QED) is 0.773. The first-order chi connectivity index (χ1) is 7.74. The predicted molar refractivity (Wildman–Crippen MR) is 68.4 cm³/mol. The van der Waals surface area contributed by atoms with Crippen molar-refractivity contribution in [3.05, 3.63) is 36.0 Å². The maximum absolute atomic E-state index is 7.17. The smallest absolute Gasteiger partial charge is 0.0593 e. The van der Waals surface area contributed by atoms with Crippen molar-refractivity contribution >= 4 is 17.1 Å². The van der Waals surface area contributed by atoms with Crippen molar-refractivity contribution in [1.82, 2.24) is 4.57 Å². The van der Waals surface area contributed by atoms with E-state index in [-0.39, 0.29) is 0 Å². The molecule has 3 nitrogen and oxygen atoms in total. The predicted octanol–water partition coefficient (Wildman–Crippen LogP) is 2.83. The molecule has 0 unspecified atom stereocenters. The molecule has 1 aromatic carbocycles. The molecule has 2 rings (SSSR count). The molecule has 0 amide bonds. The van der Waals surface area contributed by atoms with Crippen LogP contribution in [-0.4, -0.2) is 24.5 Å². The van der Waals surface area contributed by atoms with Gasteiger partial charge in [-0.15, -0.1) is 0 Å². The largest absolute Gasteiger partial charge is 0.385 e. The highest BCUT2D eigenvalue weighted by Crippen LogP contribution is 2.16. The van der Waals surface area contributed by atoms with Crippen molar-refractivity contribution in [1.29, 1.82) is 5.41 Å². The van der Waals surface area contributed by atoms with Gasteiger partial charge >= 0.3 is 0 Å². The van der Waals surface area contributed by atoms with Crippen LogP contribution in [0, 0.1) is 5.41 Å². The summed E-state index contributed by atoms with van der Waals surface area (Å²) in [6.45, 7) is 2.78. The number of para-hydroxylation sites is 1. The van der Waals surface area contributed by atoms with Crippen LogP contribution in [0.2, 0.25) is 0 Å². The molecule has 0 atom stereocenters. The lowest BCUT2D eigenvalue weighted by Gasteiger charge is -1.96. The Bertz CT molecular complexity index is 458. The third-order valence-corrected chi connectivity index (χ3v) is 2.43. The molecule has 0 saturated carbocycles. The van der Waals surface area contributed by atoms with Crippen molar-refractivity contribution < 1.29 is 4.74 Å². The summed E-state index contributed by atoms with van der Waals surface area (Å²) in [4.78, 5) is 0. The number of fused-ring (bicyclic) bond motifs is 1. The summed E-state index contributed by atoms with van der Waals surface area (Å²) in [7, 11) is 3.66. The molecule has 0 aliphatic heterocycles. The fraction of sp³-hybridized carbons (Fsp3) is 0.308. The van der Waals surface area contributed by atoms with Crippen molar-refractivity contribution in [2.75, 3.05) is 13.7 Å². The Kier molecular flexibility index (Phi) is 4.73. The third-order valence-electron chi connectivity index (χ3n) is 2.43. The number of nitrogens with zero attached hydrogens (tertiary/aromatic N) is 1. The van der Waals surface area contributed by atoms with Gasteiger partial charge in [0.2, 0.25) is 0 Å². The minimum Gasteiger partial charge on any atom is -0.385 e. The normalized spacial score (nSPS) is 9.69. The summed E-state index contributed by atoms with van der Waals surface area (Å²) >= 11 is 0. The number of rotatable bonds is 2. The van der Waals surface area contributed by atoms with E-state index in [0.717, 1.165) is 12.3 Å². The monoisotopic (exact) mass is 218 g/mol. The van der Waals surface area contributed by atoms with Gasteiger partial charge in [-0.2, -0.15) is 0 Å². The Morgan fingerprint density at radius 2 is 2.00 bits per heavy atom. The summed E-state index contributed by atoms with van der Waals surface area (Å²) in [5.41, 5.74) is 2.12. The second kappa shape index (κ2) is 6.08. The van der Waals surface area contributed by atoms with E-state index in [2.05, 4.69) is 16.9 Å². The molecule has 0 spiro atoms. The van der Waals surface area contributed by atoms with Crippen LogP contribution in [0.5, 0.6) is 0 Å². The molecular weight excluding hydrogens is 200 g/mol. The maximum atomic E-state index is 7.17. The van der Waals surface area contributed by atoms with E-state index in [1.807, 2.05) is 36.7 Å². The average Bonchev–Trinajstić information content (AvgIpc) is 2.67. The minimum absolute atomic E-state index is 0.819.